The van der Waals surface area contributed by atoms with Gasteiger partial charge in [0.05, 0.1) is 12.3 Å². The number of H-pyrrole nitrogens is 1. The molecule has 0 atom stereocenters. The Kier molecular flexibility index (Phi) is 6.24. The Labute approximate surface area is 139 Å². The maximum Gasteiger partial charge on any atom is 0.270 e. The van der Waals surface area contributed by atoms with Gasteiger partial charge in [0.2, 0.25) is 0 Å². The topological polar surface area (TPSA) is 78.8 Å². The zero-order valence-corrected chi connectivity index (χ0v) is 14.1. The molecular weight excluding hydrogens is 310 g/mol. The number of nitrogens with zero attached hydrogens (tertiary/aromatic N) is 2. The van der Waals surface area contributed by atoms with E-state index in [1.807, 2.05) is 36.6 Å². The van der Waals surface area contributed by atoms with Crippen LogP contribution in [0.4, 0.5) is 0 Å². The molecule has 1 N–H and O–H groups in total. The number of hydrogen-bond donors (Lipinski definition) is 1. The van der Waals surface area contributed by atoms with E-state index >= 15 is 0 Å². The fourth-order valence-electron chi connectivity index (χ4n) is 2.11. The highest BCUT2D eigenvalue weighted by Crippen LogP contribution is 2.23. The van der Waals surface area contributed by atoms with Crippen LogP contribution in [0, 0.1) is 11.3 Å². The minimum atomic E-state index is -0.415. The van der Waals surface area contributed by atoms with Crippen LogP contribution >= 0.6 is 11.8 Å². The summed E-state index contributed by atoms with van der Waals surface area (Å²) in [5, 5.41) is 9.69. The predicted octanol–water partition coefficient (Wildman–Crippen LogP) is 3.60. The Bertz CT molecular complexity index is 748. The molecule has 0 unspecified atom stereocenters. The Morgan fingerprint density at radius 1 is 1.30 bits per heavy atom. The van der Waals surface area contributed by atoms with Crippen LogP contribution in [0.15, 0.2) is 34.2 Å². The van der Waals surface area contributed by atoms with E-state index in [4.69, 9.17) is 4.74 Å². The number of thioether (sulfide) groups is 1. The van der Waals surface area contributed by atoms with Crippen LogP contribution in [-0.2, 0) is 0 Å². The predicted molar refractivity (Wildman–Crippen MR) is 91.8 cm³/mol. The van der Waals surface area contributed by atoms with Crippen LogP contribution in [-0.4, -0.2) is 22.8 Å². The Morgan fingerprint density at radius 3 is 2.65 bits per heavy atom. The Hall–Kier alpha value is -2.26. The van der Waals surface area contributed by atoms with Gasteiger partial charge >= 0.3 is 0 Å². The number of benzene rings is 1. The van der Waals surface area contributed by atoms with E-state index in [-0.39, 0.29) is 5.56 Å². The summed E-state index contributed by atoms with van der Waals surface area (Å²) in [6, 6.07) is 9.25. The van der Waals surface area contributed by atoms with Crippen molar-refractivity contribution in [3.8, 4) is 23.1 Å². The van der Waals surface area contributed by atoms with Crippen molar-refractivity contribution in [1.29, 1.82) is 5.26 Å². The summed E-state index contributed by atoms with van der Waals surface area (Å²) in [7, 11) is 0. The van der Waals surface area contributed by atoms with Crippen molar-refractivity contribution in [2.24, 2.45) is 0 Å². The normalized spacial score (nSPS) is 10.3. The summed E-state index contributed by atoms with van der Waals surface area (Å²) < 4.78 is 5.67. The standard InChI is InChI=1S/C17H19N3O2S/c1-3-4-5-10-22-13-8-6-12(7-9-13)15-14(11-18)16(21)20-17(19-15)23-2/h6-9H,3-5,10H2,1-2H3,(H,19,20,21). The maximum atomic E-state index is 11.9. The number of unbranched alkanes of at least 4 members (excludes halogenated alkanes) is 2. The third kappa shape index (κ3) is 4.36. The van der Waals surface area contributed by atoms with Crippen molar-refractivity contribution >= 4 is 11.8 Å². The molecule has 1 aromatic carbocycles. The molecule has 1 aromatic heterocycles. The lowest BCUT2D eigenvalue weighted by Gasteiger charge is -2.08. The fraction of sp³-hybridized carbons (Fsp3) is 0.353. The molecule has 0 amide bonds. The highest BCUT2D eigenvalue weighted by Gasteiger charge is 2.13. The molecule has 2 aromatic rings. The van der Waals surface area contributed by atoms with E-state index in [1.54, 1.807) is 0 Å². The molecule has 6 heteroatoms. The lowest BCUT2D eigenvalue weighted by Crippen LogP contribution is -2.14. The molecule has 0 bridgehead atoms. The van der Waals surface area contributed by atoms with Crippen molar-refractivity contribution in [2.45, 2.75) is 31.3 Å². The molecule has 0 spiro atoms. The summed E-state index contributed by atoms with van der Waals surface area (Å²) in [5.41, 5.74) is 0.739. The molecule has 0 radical (unpaired) electrons. The van der Waals surface area contributed by atoms with Crippen LogP contribution in [0.1, 0.15) is 31.7 Å². The molecular formula is C17H19N3O2S. The molecule has 23 heavy (non-hydrogen) atoms. The second-order valence-electron chi connectivity index (χ2n) is 4.99. The average Bonchev–Trinajstić information content (AvgIpc) is 2.58. The first kappa shape index (κ1) is 17.1. The van der Waals surface area contributed by atoms with Crippen LogP contribution in [0.5, 0.6) is 5.75 Å². The van der Waals surface area contributed by atoms with Gasteiger partial charge in [-0.1, -0.05) is 31.5 Å². The van der Waals surface area contributed by atoms with Crippen LogP contribution < -0.4 is 10.3 Å². The van der Waals surface area contributed by atoms with Gasteiger partial charge in [-0.05, 0) is 36.9 Å². The third-order valence-corrected chi connectivity index (χ3v) is 3.93. The van der Waals surface area contributed by atoms with Gasteiger partial charge < -0.3 is 9.72 Å². The molecule has 0 aliphatic rings. The van der Waals surface area contributed by atoms with Gasteiger partial charge in [0, 0.05) is 5.56 Å². The molecule has 0 aliphatic carbocycles. The number of nitriles is 1. The van der Waals surface area contributed by atoms with Gasteiger partial charge in [-0.15, -0.1) is 0 Å². The maximum absolute atomic E-state index is 11.9. The van der Waals surface area contributed by atoms with E-state index in [1.165, 1.54) is 11.8 Å². The summed E-state index contributed by atoms with van der Waals surface area (Å²) in [5.74, 6) is 0.776. The second-order valence-corrected chi connectivity index (χ2v) is 5.79. The largest absolute Gasteiger partial charge is 0.494 e. The van der Waals surface area contributed by atoms with Gasteiger partial charge in [0.15, 0.2) is 5.16 Å². The lowest BCUT2D eigenvalue weighted by atomic mass is 10.1. The van der Waals surface area contributed by atoms with Crippen molar-refractivity contribution in [2.75, 3.05) is 12.9 Å². The van der Waals surface area contributed by atoms with Gasteiger partial charge in [-0.25, -0.2) is 4.98 Å². The molecule has 0 saturated heterocycles. The number of rotatable bonds is 7. The summed E-state index contributed by atoms with van der Waals surface area (Å²) >= 11 is 1.33. The summed E-state index contributed by atoms with van der Waals surface area (Å²) in [6.07, 6.45) is 5.16. The number of nitrogens with one attached hydrogen (secondary N) is 1. The van der Waals surface area contributed by atoms with Crippen LogP contribution in [0.3, 0.4) is 0 Å². The summed E-state index contributed by atoms with van der Waals surface area (Å²) in [6.45, 7) is 2.84. The third-order valence-electron chi connectivity index (χ3n) is 3.35. The monoisotopic (exact) mass is 329 g/mol. The SMILES string of the molecule is CCCCCOc1ccc(-c2nc(SC)[nH]c(=O)c2C#N)cc1. The van der Waals surface area contributed by atoms with E-state index in [0.717, 1.165) is 30.6 Å². The van der Waals surface area contributed by atoms with Crippen LogP contribution in [0.25, 0.3) is 11.3 Å². The van der Waals surface area contributed by atoms with Crippen molar-refractivity contribution in [3.63, 3.8) is 0 Å². The van der Waals surface area contributed by atoms with Gasteiger partial charge in [-0.3, -0.25) is 4.79 Å². The zero-order chi connectivity index (χ0) is 16.7. The minimum Gasteiger partial charge on any atom is -0.494 e. The van der Waals surface area contributed by atoms with Gasteiger partial charge in [0.1, 0.15) is 17.4 Å². The number of hydrogen-bond acceptors (Lipinski definition) is 5. The number of aromatic nitrogens is 2. The van der Waals surface area contributed by atoms with E-state index < -0.39 is 5.56 Å². The smallest absolute Gasteiger partial charge is 0.270 e. The first-order chi connectivity index (χ1) is 11.2. The Morgan fingerprint density at radius 2 is 2.04 bits per heavy atom. The van der Waals surface area contributed by atoms with Crippen LogP contribution in [0.2, 0.25) is 0 Å². The van der Waals surface area contributed by atoms with E-state index in [9.17, 15) is 10.1 Å². The molecule has 120 valence electrons. The Balaban J connectivity index is 2.24. The molecule has 5 nitrogen and oxygen atoms in total. The van der Waals surface area contributed by atoms with E-state index in [2.05, 4.69) is 16.9 Å². The molecule has 0 aliphatic heterocycles. The molecule has 0 saturated carbocycles. The lowest BCUT2D eigenvalue weighted by molar-refractivity contribution is 0.306. The quantitative estimate of drug-likeness (QED) is 0.477. The minimum absolute atomic E-state index is 0.0272. The fourth-order valence-corrected chi connectivity index (χ4v) is 2.49. The highest BCUT2D eigenvalue weighted by molar-refractivity contribution is 7.98. The van der Waals surface area contributed by atoms with E-state index in [0.29, 0.717) is 17.5 Å². The molecule has 2 rings (SSSR count). The average molecular weight is 329 g/mol. The second kappa shape index (κ2) is 8.39. The molecule has 0 fully saturated rings. The van der Waals surface area contributed by atoms with Gasteiger partial charge in [0.25, 0.3) is 5.56 Å². The van der Waals surface area contributed by atoms with Crippen molar-refractivity contribution in [1.82, 2.24) is 9.97 Å². The van der Waals surface area contributed by atoms with Crippen molar-refractivity contribution < 1.29 is 4.74 Å². The highest BCUT2D eigenvalue weighted by atomic mass is 32.2. The zero-order valence-electron chi connectivity index (χ0n) is 13.3. The van der Waals surface area contributed by atoms with Gasteiger partial charge in [-0.2, -0.15) is 5.26 Å². The first-order valence-electron chi connectivity index (χ1n) is 7.51. The summed E-state index contributed by atoms with van der Waals surface area (Å²) in [4.78, 5) is 18.9. The van der Waals surface area contributed by atoms with Crippen molar-refractivity contribution in [3.05, 3.63) is 40.2 Å². The number of ether oxygens (including phenoxy) is 1. The number of aromatic amines is 1. The molecule has 1 heterocycles. The first-order valence-corrected chi connectivity index (χ1v) is 8.73.